The highest BCUT2D eigenvalue weighted by Crippen LogP contribution is 2.34. The van der Waals surface area contributed by atoms with E-state index in [0.29, 0.717) is 11.8 Å². The van der Waals surface area contributed by atoms with E-state index in [1.165, 1.54) is 25.7 Å². The van der Waals surface area contributed by atoms with Crippen molar-refractivity contribution in [3.8, 4) is 0 Å². The topological polar surface area (TPSA) is 44.7 Å². The van der Waals surface area contributed by atoms with E-state index < -0.39 is 0 Å². The smallest absolute Gasteiger partial charge is 0.230 e. The third kappa shape index (κ3) is 4.93. The van der Waals surface area contributed by atoms with Crippen molar-refractivity contribution in [3.05, 3.63) is 30.3 Å². The maximum atomic E-state index is 12.2. The molecule has 1 heterocycles. The molecule has 0 bridgehead atoms. The van der Waals surface area contributed by atoms with E-state index in [1.807, 2.05) is 23.2 Å². The van der Waals surface area contributed by atoms with Crippen LogP contribution in [0.2, 0.25) is 0 Å². The van der Waals surface area contributed by atoms with Crippen LogP contribution in [0.4, 0.5) is 5.69 Å². The van der Waals surface area contributed by atoms with Gasteiger partial charge in [-0.05, 0) is 31.9 Å². The van der Waals surface area contributed by atoms with Crippen molar-refractivity contribution < 1.29 is 4.79 Å². The van der Waals surface area contributed by atoms with Gasteiger partial charge in [0.25, 0.3) is 0 Å². The van der Waals surface area contributed by atoms with Crippen molar-refractivity contribution in [2.75, 3.05) is 10.8 Å². The molecule has 1 N–H and O–H groups in total. The first-order valence-corrected chi connectivity index (χ1v) is 10.6. The van der Waals surface area contributed by atoms with E-state index in [1.54, 1.807) is 23.5 Å². The Kier molecular flexibility index (Phi) is 6.49. The molecule has 0 spiro atoms. The van der Waals surface area contributed by atoms with Crippen molar-refractivity contribution in [2.24, 2.45) is 5.10 Å². The van der Waals surface area contributed by atoms with Crippen molar-refractivity contribution in [3.63, 3.8) is 0 Å². The number of rotatable bonds is 4. The zero-order chi connectivity index (χ0) is 16.8. The van der Waals surface area contributed by atoms with Crippen LogP contribution < -0.4 is 10.3 Å². The maximum Gasteiger partial charge on any atom is 0.230 e. The van der Waals surface area contributed by atoms with Gasteiger partial charge in [0.2, 0.25) is 5.91 Å². The standard InChI is InChI=1S/C18H25N3OS2/c1-14-21(16-11-7-4-8-12-16)20-18(24-14)23-13-17(22)19-15-9-5-2-3-6-10-15/h4,7-8,11-12,14-15H,2-3,5-6,9-10,13H2,1H3,(H,19,22)/t14-/m0/s1. The first-order valence-electron chi connectivity index (χ1n) is 8.74. The van der Waals surface area contributed by atoms with Crippen LogP contribution in [0, 0.1) is 0 Å². The molecule has 3 rings (SSSR count). The molecule has 1 aliphatic heterocycles. The molecule has 2 aliphatic rings. The molecule has 0 saturated heterocycles. The summed E-state index contributed by atoms with van der Waals surface area (Å²) in [6.07, 6.45) is 7.35. The second kappa shape index (κ2) is 8.81. The van der Waals surface area contributed by atoms with Crippen molar-refractivity contribution in [1.29, 1.82) is 0 Å². The number of carbonyl (C=O) groups is 1. The van der Waals surface area contributed by atoms with Gasteiger partial charge >= 0.3 is 0 Å². The number of nitrogens with one attached hydrogen (secondary N) is 1. The van der Waals surface area contributed by atoms with E-state index in [-0.39, 0.29) is 11.3 Å². The minimum atomic E-state index is 0.140. The summed E-state index contributed by atoms with van der Waals surface area (Å²) >= 11 is 3.27. The SMILES string of the molecule is C[C@@H]1SC(SCC(=O)NC2CCCCCC2)=NN1c1ccccc1. The molecule has 0 radical (unpaired) electrons. The van der Waals surface area contributed by atoms with Crippen LogP contribution in [-0.2, 0) is 4.79 Å². The van der Waals surface area contributed by atoms with Crippen LogP contribution in [-0.4, -0.2) is 27.5 Å². The average molecular weight is 364 g/mol. The molecule has 1 aliphatic carbocycles. The maximum absolute atomic E-state index is 12.2. The first kappa shape index (κ1) is 17.7. The summed E-state index contributed by atoms with van der Waals surface area (Å²) in [5.41, 5.74) is 1.09. The largest absolute Gasteiger partial charge is 0.353 e. The Bertz CT molecular complexity index is 571. The molecular weight excluding hydrogens is 338 g/mol. The molecule has 6 heteroatoms. The van der Waals surface area contributed by atoms with Gasteiger partial charge in [-0.3, -0.25) is 9.80 Å². The van der Waals surface area contributed by atoms with Crippen LogP contribution in [0.3, 0.4) is 0 Å². The summed E-state index contributed by atoms with van der Waals surface area (Å²) < 4.78 is 0.974. The molecule has 1 fully saturated rings. The number of carbonyl (C=O) groups excluding carboxylic acids is 1. The van der Waals surface area contributed by atoms with Crippen LogP contribution in [0.15, 0.2) is 35.4 Å². The van der Waals surface area contributed by atoms with Crippen LogP contribution >= 0.6 is 23.5 Å². The predicted molar refractivity (Wildman–Crippen MR) is 105 cm³/mol. The van der Waals surface area contributed by atoms with Gasteiger partial charge in [0.1, 0.15) is 5.37 Å². The molecule has 1 aromatic rings. The van der Waals surface area contributed by atoms with Crippen LogP contribution in [0.1, 0.15) is 45.4 Å². The van der Waals surface area contributed by atoms with E-state index in [4.69, 9.17) is 0 Å². The molecule has 0 unspecified atom stereocenters. The number of thioether (sulfide) groups is 2. The zero-order valence-electron chi connectivity index (χ0n) is 14.1. The third-order valence-corrected chi connectivity index (χ3v) is 6.57. The molecule has 4 nitrogen and oxygen atoms in total. The molecule has 130 valence electrons. The molecule has 24 heavy (non-hydrogen) atoms. The normalized spacial score (nSPS) is 22.1. The fourth-order valence-electron chi connectivity index (χ4n) is 3.12. The van der Waals surface area contributed by atoms with E-state index in [9.17, 15) is 4.79 Å². The predicted octanol–water partition coefficient (Wildman–Crippen LogP) is 4.43. The zero-order valence-corrected chi connectivity index (χ0v) is 15.7. The van der Waals surface area contributed by atoms with Gasteiger partial charge in [-0.15, -0.1) is 0 Å². The lowest BCUT2D eigenvalue weighted by Crippen LogP contribution is -2.35. The summed E-state index contributed by atoms with van der Waals surface area (Å²) in [6.45, 7) is 2.14. The molecule has 1 aromatic carbocycles. The molecule has 0 aromatic heterocycles. The van der Waals surface area contributed by atoms with Gasteiger partial charge in [-0.1, -0.05) is 67.4 Å². The number of benzene rings is 1. The number of amides is 1. The Morgan fingerprint density at radius 2 is 1.96 bits per heavy atom. The van der Waals surface area contributed by atoms with Gasteiger partial charge in [0.05, 0.1) is 11.4 Å². The summed E-state index contributed by atoms with van der Waals surface area (Å²) in [7, 11) is 0. The van der Waals surface area contributed by atoms with E-state index in [2.05, 4.69) is 29.5 Å². The van der Waals surface area contributed by atoms with Gasteiger partial charge in [0.15, 0.2) is 4.38 Å². The number of hydrogen-bond donors (Lipinski definition) is 1. The summed E-state index contributed by atoms with van der Waals surface area (Å²) in [5, 5.41) is 10.2. The van der Waals surface area contributed by atoms with Crippen molar-refractivity contribution >= 4 is 39.5 Å². The second-order valence-electron chi connectivity index (χ2n) is 6.31. The summed E-state index contributed by atoms with van der Waals surface area (Å²) in [5.74, 6) is 0.596. The highest BCUT2D eigenvalue weighted by molar-refractivity contribution is 8.39. The van der Waals surface area contributed by atoms with Crippen molar-refractivity contribution in [2.45, 2.75) is 56.9 Å². The Labute approximate surface area is 152 Å². The Hall–Kier alpha value is -1.14. The number of para-hydroxylation sites is 1. The Morgan fingerprint density at radius 1 is 1.25 bits per heavy atom. The molecule has 1 amide bonds. The molecule has 1 saturated carbocycles. The number of nitrogens with zero attached hydrogens (tertiary/aromatic N) is 2. The lowest BCUT2D eigenvalue weighted by molar-refractivity contribution is -0.119. The Balaban J connectivity index is 1.48. The third-order valence-electron chi connectivity index (χ3n) is 4.37. The fourth-order valence-corrected chi connectivity index (χ4v) is 5.17. The minimum Gasteiger partial charge on any atom is -0.353 e. The molecule has 1 atom stereocenters. The summed E-state index contributed by atoms with van der Waals surface area (Å²) in [6, 6.07) is 10.5. The number of anilines is 1. The van der Waals surface area contributed by atoms with Gasteiger partial charge in [-0.25, -0.2) is 0 Å². The highest BCUT2D eigenvalue weighted by atomic mass is 32.2. The van der Waals surface area contributed by atoms with E-state index >= 15 is 0 Å². The first-order chi connectivity index (χ1) is 11.7. The number of hydrogen-bond acceptors (Lipinski definition) is 5. The highest BCUT2D eigenvalue weighted by Gasteiger charge is 2.25. The lowest BCUT2D eigenvalue weighted by atomic mass is 10.1. The fraction of sp³-hybridized carbons (Fsp3) is 0.556. The van der Waals surface area contributed by atoms with Gasteiger partial charge in [-0.2, -0.15) is 5.10 Å². The van der Waals surface area contributed by atoms with Gasteiger partial charge < -0.3 is 5.32 Å². The monoisotopic (exact) mass is 363 g/mol. The van der Waals surface area contributed by atoms with Crippen LogP contribution in [0.5, 0.6) is 0 Å². The lowest BCUT2D eigenvalue weighted by Gasteiger charge is -2.18. The second-order valence-corrected chi connectivity index (χ2v) is 8.83. The van der Waals surface area contributed by atoms with E-state index in [0.717, 1.165) is 22.9 Å². The number of hydrazone groups is 1. The quantitative estimate of drug-likeness (QED) is 0.804. The van der Waals surface area contributed by atoms with Crippen molar-refractivity contribution in [1.82, 2.24) is 5.32 Å². The average Bonchev–Trinajstić information content (AvgIpc) is 2.79. The van der Waals surface area contributed by atoms with Gasteiger partial charge in [0, 0.05) is 6.04 Å². The Morgan fingerprint density at radius 3 is 2.67 bits per heavy atom. The molecular formula is C18H25N3OS2. The minimum absolute atomic E-state index is 0.140. The summed E-state index contributed by atoms with van der Waals surface area (Å²) in [4.78, 5) is 12.2. The van der Waals surface area contributed by atoms with Crippen LogP contribution in [0.25, 0.3) is 0 Å².